The minimum Gasteiger partial charge on any atom is -0.615 e. The van der Waals surface area contributed by atoms with Crippen LogP contribution in [0.1, 0.15) is 6.92 Å². The number of hydrogen-bond acceptors (Lipinski definition) is 3. The van der Waals surface area contributed by atoms with E-state index in [-0.39, 0.29) is 5.75 Å². The lowest BCUT2D eigenvalue weighted by Gasteiger charge is -2.04. The lowest BCUT2D eigenvalue weighted by atomic mass is 11.0. The molecule has 5 heteroatoms. The van der Waals surface area contributed by atoms with Crippen molar-refractivity contribution in [2.24, 2.45) is 0 Å². The maximum Gasteiger partial charge on any atom is 0.212 e. The summed E-state index contributed by atoms with van der Waals surface area (Å²) < 4.78 is 31.7. The molecule has 0 N–H and O–H groups in total. The first kappa shape index (κ1) is 7.37. The van der Waals surface area contributed by atoms with Gasteiger partial charge < -0.3 is 4.55 Å². The Morgan fingerprint density at radius 3 is 2.33 bits per heavy atom. The second kappa shape index (κ2) is 2.14. The number of hydrogen-bond donors (Lipinski definition) is 0. The van der Waals surface area contributed by atoms with Gasteiger partial charge in [-0.3, -0.25) is 0 Å². The van der Waals surface area contributed by atoms with Gasteiger partial charge in [-0.05, 0) is 18.1 Å². The fourth-order valence-corrected chi connectivity index (χ4v) is 4.83. The van der Waals surface area contributed by atoms with Gasteiger partial charge in [-0.15, -0.1) is 0 Å². The van der Waals surface area contributed by atoms with E-state index < -0.39 is 25.6 Å². The van der Waals surface area contributed by atoms with Crippen LogP contribution in [0.4, 0.5) is 0 Å². The van der Waals surface area contributed by atoms with Crippen LogP contribution >= 0.6 is 0 Å². The van der Waals surface area contributed by atoms with Gasteiger partial charge in [0.25, 0.3) is 0 Å². The van der Waals surface area contributed by atoms with E-state index >= 15 is 0 Å². The lowest BCUT2D eigenvalue weighted by molar-refractivity contribution is 0.588. The Bertz CT molecular complexity index is 196. The molecule has 1 aliphatic rings. The minimum absolute atomic E-state index is 0.0980. The van der Waals surface area contributed by atoms with Crippen molar-refractivity contribution in [3.63, 3.8) is 0 Å². The molecule has 1 saturated heterocycles. The van der Waals surface area contributed by atoms with Crippen molar-refractivity contribution in [3.05, 3.63) is 0 Å². The van der Waals surface area contributed by atoms with Crippen LogP contribution in [0.2, 0.25) is 0 Å². The highest BCUT2D eigenvalue weighted by Gasteiger charge is 2.39. The van der Waals surface area contributed by atoms with E-state index in [0.29, 0.717) is 5.75 Å². The molecule has 0 amide bonds. The summed E-state index contributed by atoms with van der Waals surface area (Å²) in [5.74, 6) is 0.421. The van der Waals surface area contributed by atoms with Gasteiger partial charge in [-0.25, -0.2) is 8.42 Å². The second-order valence-corrected chi connectivity index (χ2v) is 6.64. The van der Waals surface area contributed by atoms with E-state index in [4.69, 9.17) is 0 Å². The fourth-order valence-electron chi connectivity index (χ4n) is 0.694. The zero-order valence-electron chi connectivity index (χ0n) is 5.03. The van der Waals surface area contributed by atoms with Gasteiger partial charge in [0, 0.05) is 0 Å². The number of sulfone groups is 1. The molecule has 2 unspecified atom stereocenters. The largest absolute Gasteiger partial charge is 0.615 e. The molecule has 2 atom stereocenters. The standard InChI is InChI=1S/C4H8O3S2/c1-4-8(5)2-3-9(4,6)7/h4H,2-3H2,1H3. The quantitative estimate of drug-likeness (QED) is 0.459. The lowest BCUT2D eigenvalue weighted by Crippen LogP contribution is -2.18. The third kappa shape index (κ3) is 1.22. The first-order valence-electron chi connectivity index (χ1n) is 2.63. The first-order valence-corrected chi connectivity index (χ1v) is 5.72. The molecule has 0 spiro atoms. The van der Waals surface area contributed by atoms with Crippen molar-refractivity contribution in [2.75, 3.05) is 11.5 Å². The number of rotatable bonds is 0. The monoisotopic (exact) mass is 168 g/mol. The molecule has 1 rings (SSSR count). The average molecular weight is 168 g/mol. The highest BCUT2D eigenvalue weighted by Crippen LogP contribution is 2.18. The van der Waals surface area contributed by atoms with E-state index in [1.165, 1.54) is 6.92 Å². The van der Waals surface area contributed by atoms with Crippen molar-refractivity contribution in [1.29, 1.82) is 0 Å². The molecule has 9 heavy (non-hydrogen) atoms. The molecule has 54 valence electrons. The highest BCUT2D eigenvalue weighted by molar-refractivity contribution is 8.12. The fraction of sp³-hybridized carbons (Fsp3) is 1.00. The zero-order chi connectivity index (χ0) is 7.07. The zero-order valence-corrected chi connectivity index (χ0v) is 6.67. The van der Waals surface area contributed by atoms with E-state index in [9.17, 15) is 13.0 Å². The van der Waals surface area contributed by atoms with E-state index in [0.717, 1.165) is 0 Å². The van der Waals surface area contributed by atoms with E-state index in [1.807, 2.05) is 0 Å². The molecule has 0 aromatic heterocycles. The summed E-state index contributed by atoms with van der Waals surface area (Å²) in [6, 6.07) is 0. The van der Waals surface area contributed by atoms with Crippen LogP contribution in [0.15, 0.2) is 0 Å². The third-order valence-electron chi connectivity index (χ3n) is 1.44. The summed E-state index contributed by atoms with van der Waals surface area (Å²) in [6.45, 7) is 1.50. The molecule has 0 bridgehead atoms. The molecule has 0 saturated carbocycles. The summed E-state index contributed by atoms with van der Waals surface area (Å²) in [5.41, 5.74) is 0. The smallest absolute Gasteiger partial charge is 0.212 e. The normalized spacial score (nSPS) is 41.1. The van der Waals surface area contributed by atoms with E-state index in [2.05, 4.69) is 0 Å². The van der Waals surface area contributed by atoms with Crippen LogP contribution in [0.5, 0.6) is 0 Å². The van der Waals surface area contributed by atoms with Crippen LogP contribution in [0.3, 0.4) is 0 Å². The van der Waals surface area contributed by atoms with E-state index in [1.54, 1.807) is 0 Å². The molecule has 3 nitrogen and oxygen atoms in total. The van der Waals surface area contributed by atoms with Crippen molar-refractivity contribution in [3.8, 4) is 0 Å². The molecular formula is C4H8O3S2. The van der Waals surface area contributed by atoms with Crippen LogP contribution < -0.4 is 0 Å². The van der Waals surface area contributed by atoms with Crippen molar-refractivity contribution >= 4 is 21.0 Å². The van der Waals surface area contributed by atoms with Crippen molar-refractivity contribution in [1.82, 2.24) is 0 Å². The van der Waals surface area contributed by atoms with Gasteiger partial charge in [0.2, 0.25) is 14.4 Å². The minimum atomic E-state index is -2.97. The van der Waals surface area contributed by atoms with Gasteiger partial charge in [-0.2, -0.15) is 0 Å². The molecule has 0 radical (unpaired) electrons. The second-order valence-electron chi connectivity index (χ2n) is 2.02. The predicted octanol–water partition coefficient (Wildman–Crippen LogP) is -0.490. The van der Waals surface area contributed by atoms with Crippen molar-refractivity contribution in [2.45, 2.75) is 11.5 Å². The Morgan fingerprint density at radius 1 is 1.67 bits per heavy atom. The molecule has 0 aromatic carbocycles. The third-order valence-corrected chi connectivity index (χ3v) is 6.36. The molecule has 0 aromatic rings. The van der Waals surface area contributed by atoms with Gasteiger partial charge in [0.1, 0.15) is 11.5 Å². The summed E-state index contributed by atoms with van der Waals surface area (Å²) >= 11 is -1.13. The van der Waals surface area contributed by atoms with Crippen LogP contribution in [-0.2, 0) is 21.0 Å². The Kier molecular flexibility index (Phi) is 1.75. The van der Waals surface area contributed by atoms with Crippen LogP contribution in [0, 0.1) is 0 Å². The Balaban J connectivity index is 2.87. The maximum absolute atomic E-state index is 10.8. The summed E-state index contributed by atoms with van der Waals surface area (Å²) in [7, 11) is -2.97. The van der Waals surface area contributed by atoms with Crippen LogP contribution in [-0.4, -0.2) is 29.1 Å². The summed E-state index contributed by atoms with van der Waals surface area (Å²) in [4.78, 5) is 0. The van der Waals surface area contributed by atoms with Gasteiger partial charge in [-0.1, -0.05) is 0 Å². The topological polar surface area (TPSA) is 57.2 Å². The Morgan fingerprint density at radius 2 is 2.22 bits per heavy atom. The maximum atomic E-state index is 10.8. The average Bonchev–Trinajstić information content (AvgIpc) is 1.97. The van der Waals surface area contributed by atoms with Gasteiger partial charge in [0.15, 0.2) is 0 Å². The molecule has 0 aliphatic carbocycles. The molecule has 1 fully saturated rings. The first-order chi connectivity index (χ1) is 4.04. The summed E-state index contributed by atoms with van der Waals surface area (Å²) in [5, 5.41) is 0. The highest BCUT2D eigenvalue weighted by atomic mass is 32.3. The Hall–Kier alpha value is 0.260. The van der Waals surface area contributed by atoms with Gasteiger partial charge in [0.05, 0.1) is 0 Å². The Labute approximate surface area is 57.5 Å². The molecule has 1 aliphatic heterocycles. The van der Waals surface area contributed by atoms with Gasteiger partial charge >= 0.3 is 0 Å². The van der Waals surface area contributed by atoms with Crippen LogP contribution in [0.25, 0.3) is 0 Å². The predicted molar refractivity (Wildman–Crippen MR) is 36.3 cm³/mol. The molecular weight excluding hydrogens is 160 g/mol. The molecule has 1 heterocycles. The SMILES string of the molecule is CC1[S+]([O-])CCS1(=O)=O. The summed E-state index contributed by atoms with van der Waals surface area (Å²) in [6.07, 6.45) is 0. The van der Waals surface area contributed by atoms with Crippen molar-refractivity contribution < 1.29 is 13.0 Å².